The molecule has 1 N–H and O–H groups in total. The number of likely N-dealkylation sites (tertiary alicyclic amines) is 1. The lowest BCUT2D eigenvalue weighted by Crippen LogP contribution is -2.32. The van der Waals surface area contributed by atoms with Crippen molar-refractivity contribution in [1.82, 2.24) is 19.3 Å². The molecule has 0 bridgehead atoms. The number of aromatic nitrogens is 3. The lowest BCUT2D eigenvalue weighted by molar-refractivity contribution is 0.0711. The average Bonchev–Trinajstić information content (AvgIpc) is 3.21. The molecular weight excluding hydrogens is 311 g/mol. The lowest BCUT2D eigenvalue weighted by Gasteiger charge is -2.24. The minimum Gasteiger partial charge on any atom is -0.391 e. The second-order valence-corrected chi connectivity index (χ2v) is 5.85. The number of fused-ring (bicyclic) bond motifs is 1. The van der Waals surface area contributed by atoms with Crippen LogP contribution >= 0.6 is 0 Å². The third kappa shape index (κ3) is 2.43. The highest BCUT2D eigenvalue weighted by Crippen LogP contribution is 2.33. The minimum atomic E-state index is -0.622. The van der Waals surface area contributed by atoms with Gasteiger partial charge in [0.25, 0.3) is 5.91 Å². The molecule has 122 valence electrons. The normalized spacial score (nSPS) is 20.7. The fraction of sp³-hybridized carbons (Fsp3) is 0.235. The average molecular weight is 326 g/mol. The summed E-state index contributed by atoms with van der Waals surface area (Å²) in [6, 6.07) is 5.68. The van der Waals surface area contributed by atoms with Crippen molar-refractivity contribution in [1.29, 1.82) is 0 Å². The van der Waals surface area contributed by atoms with E-state index >= 15 is 0 Å². The molecule has 0 spiro atoms. The summed E-state index contributed by atoms with van der Waals surface area (Å²) < 4.78 is 14.9. The van der Waals surface area contributed by atoms with Gasteiger partial charge >= 0.3 is 0 Å². The third-order valence-electron chi connectivity index (χ3n) is 4.31. The highest BCUT2D eigenvalue weighted by atomic mass is 19.1. The van der Waals surface area contributed by atoms with Crippen LogP contribution in [-0.2, 0) is 0 Å². The van der Waals surface area contributed by atoms with Crippen LogP contribution in [0.4, 0.5) is 4.39 Å². The Hall–Kier alpha value is -2.80. The summed E-state index contributed by atoms with van der Waals surface area (Å²) in [4.78, 5) is 22.9. The number of carbonyl (C=O) groups is 1. The number of amides is 1. The first-order chi connectivity index (χ1) is 11.6. The van der Waals surface area contributed by atoms with Gasteiger partial charge in [-0.2, -0.15) is 0 Å². The predicted molar refractivity (Wildman–Crippen MR) is 83.8 cm³/mol. The van der Waals surface area contributed by atoms with Gasteiger partial charge in [0.15, 0.2) is 11.3 Å². The second kappa shape index (κ2) is 5.68. The number of hydrogen-bond acceptors (Lipinski definition) is 4. The highest BCUT2D eigenvalue weighted by Gasteiger charge is 2.37. The monoisotopic (exact) mass is 326 g/mol. The molecule has 24 heavy (non-hydrogen) atoms. The van der Waals surface area contributed by atoms with Gasteiger partial charge in [-0.05, 0) is 24.1 Å². The van der Waals surface area contributed by atoms with Crippen LogP contribution in [0.15, 0.2) is 49.1 Å². The van der Waals surface area contributed by atoms with Gasteiger partial charge in [0.2, 0.25) is 0 Å². The summed E-state index contributed by atoms with van der Waals surface area (Å²) in [7, 11) is 0. The van der Waals surface area contributed by atoms with Crippen LogP contribution in [0.1, 0.15) is 28.5 Å². The zero-order valence-electron chi connectivity index (χ0n) is 12.7. The molecule has 7 heteroatoms. The van der Waals surface area contributed by atoms with Gasteiger partial charge < -0.3 is 14.4 Å². The van der Waals surface area contributed by atoms with Crippen LogP contribution < -0.4 is 0 Å². The molecular formula is C17H15FN4O2. The first-order valence-corrected chi connectivity index (χ1v) is 7.65. The van der Waals surface area contributed by atoms with Gasteiger partial charge in [0.1, 0.15) is 5.82 Å². The Kier molecular flexibility index (Phi) is 3.50. The number of halogens is 1. The Morgan fingerprint density at radius 2 is 1.88 bits per heavy atom. The molecule has 1 saturated heterocycles. The number of β-amino-alcohol motifs (C(OH)–C–C–N with tert-alkyl or cyclic N) is 1. The summed E-state index contributed by atoms with van der Waals surface area (Å²) in [5.41, 5.74) is 1.50. The number of imidazole rings is 1. The molecule has 3 heterocycles. The molecule has 2 atom stereocenters. The number of hydrogen-bond donors (Lipinski definition) is 1. The Balaban J connectivity index is 1.72. The van der Waals surface area contributed by atoms with E-state index in [-0.39, 0.29) is 30.0 Å². The van der Waals surface area contributed by atoms with Crippen molar-refractivity contribution in [2.75, 3.05) is 6.54 Å². The molecule has 1 fully saturated rings. The van der Waals surface area contributed by atoms with Gasteiger partial charge in [-0.1, -0.05) is 12.1 Å². The summed E-state index contributed by atoms with van der Waals surface area (Å²) in [6.45, 7) is 0.213. The minimum absolute atomic E-state index is 0.213. The number of benzene rings is 1. The fourth-order valence-electron chi connectivity index (χ4n) is 3.18. The van der Waals surface area contributed by atoms with Crippen molar-refractivity contribution in [2.24, 2.45) is 0 Å². The smallest absolute Gasteiger partial charge is 0.276 e. The van der Waals surface area contributed by atoms with Crippen LogP contribution in [0.3, 0.4) is 0 Å². The van der Waals surface area contributed by atoms with Crippen LogP contribution in [0.5, 0.6) is 0 Å². The predicted octanol–water partition coefficient (Wildman–Crippen LogP) is 1.82. The molecule has 3 aromatic rings. The van der Waals surface area contributed by atoms with Crippen molar-refractivity contribution >= 4 is 11.6 Å². The SMILES string of the molecule is O=C(c1nccn2ccnc12)N1CC(O)CC1c1ccc(F)cc1. The van der Waals surface area contributed by atoms with Crippen molar-refractivity contribution in [2.45, 2.75) is 18.6 Å². The molecule has 2 unspecified atom stereocenters. The van der Waals surface area contributed by atoms with Crippen molar-refractivity contribution < 1.29 is 14.3 Å². The lowest BCUT2D eigenvalue weighted by atomic mass is 10.0. The standard InChI is InChI=1S/C17H15FN4O2/c18-12-3-1-11(2-4-12)14-9-13(23)10-22(14)17(24)15-16-20-6-8-21(16)7-5-19-15/h1-8,13-14,23H,9-10H2. The molecule has 0 radical (unpaired) electrons. The fourth-order valence-corrected chi connectivity index (χ4v) is 3.18. The van der Waals surface area contributed by atoms with E-state index in [0.29, 0.717) is 12.1 Å². The second-order valence-electron chi connectivity index (χ2n) is 5.85. The molecule has 1 aliphatic rings. The molecule has 0 aliphatic carbocycles. The van der Waals surface area contributed by atoms with Gasteiger partial charge in [-0.3, -0.25) is 4.79 Å². The zero-order valence-corrected chi connectivity index (χ0v) is 12.7. The summed E-state index contributed by atoms with van der Waals surface area (Å²) in [5.74, 6) is -0.628. The van der Waals surface area contributed by atoms with E-state index in [1.807, 2.05) is 0 Å². The van der Waals surface area contributed by atoms with E-state index < -0.39 is 6.10 Å². The zero-order chi connectivity index (χ0) is 16.7. The number of aliphatic hydroxyl groups is 1. The summed E-state index contributed by atoms with van der Waals surface area (Å²) in [5, 5.41) is 10.0. The molecule has 1 aliphatic heterocycles. The van der Waals surface area contributed by atoms with Crippen LogP contribution in [-0.4, -0.2) is 42.9 Å². The Morgan fingerprint density at radius 3 is 2.62 bits per heavy atom. The quantitative estimate of drug-likeness (QED) is 0.780. The third-order valence-corrected chi connectivity index (χ3v) is 4.31. The van der Waals surface area contributed by atoms with Crippen LogP contribution in [0.2, 0.25) is 0 Å². The number of rotatable bonds is 2. The number of aliphatic hydroxyl groups excluding tert-OH is 1. The topological polar surface area (TPSA) is 70.7 Å². The Bertz CT molecular complexity index is 893. The molecule has 1 amide bonds. The van der Waals surface area contributed by atoms with Crippen molar-refractivity contribution in [3.63, 3.8) is 0 Å². The maximum absolute atomic E-state index is 13.2. The van der Waals surface area contributed by atoms with E-state index in [2.05, 4.69) is 9.97 Å². The Morgan fingerprint density at radius 1 is 1.17 bits per heavy atom. The number of nitrogens with zero attached hydrogens (tertiary/aromatic N) is 4. The molecule has 4 rings (SSSR count). The van der Waals surface area contributed by atoms with E-state index in [0.717, 1.165) is 5.56 Å². The molecule has 0 saturated carbocycles. The maximum Gasteiger partial charge on any atom is 0.276 e. The van der Waals surface area contributed by atoms with Gasteiger partial charge in [-0.15, -0.1) is 0 Å². The highest BCUT2D eigenvalue weighted by molar-refractivity contribution is 5.98. The molecule has 6 nitrogen and oxygen atoms in total. The van der Waals surface area contributed by atoms with Gasteiger partial charge in [0.05, 0.1) is 12.1 Å². The number of carbonyl (C=O) groups excluding carboxylic acids is 1. The Labute approximate surface area is 137 Å². The summed E-state index contributed by atoms with van der Waals surface area (Å²) >= 11 is 0. The van der Waals surface area contributed by atoms with Crippen molar-refractivity contribution in [3.8, 4) is 0 Å². The summed E-state index contributed by atoms with van der Waals surface area (Å²) in [6.07, 6.45) is 6.39. The van der Waals surface area contributed by atoms with E-state index in [4.69, 9.17) is 0 Å². The van der Waals surface area contributed by atoms with Gasteiger partial charge in [0, 0.05) is 31.3 Å². The first kappa shape index (κ1) is 14.8. The largest absolute Gasteiger partial charge is 0.391 e. The molecule has 1 aromatic carbocycles. The van der Waals surface area contributed by atoms with E-state index in [9.17, 15) is 14.3 Å². The van der Waals surface area contributed by atoms with Crippen LogP contribution in [0.25, 0.3) is 5.65 Å². The molecule has 2 aromatic heterocycles. The van der Waals surface area contributed by atoms with Crippen LogP contribution in [0, 0.1) is 5.82 Å². The van der Waals surface area contributed by atoms with E-state index in [1.54, 1.807) is 46.2 Å². The first-order valence-electron chi connectivity index (χ1n) is 7.65. The van der Waals surface area contributed by atoms with Gasteiger partial charge in [-0.25, -0.2) is 14.4 Å². The van der Waals surface area contributed by atoms with Crippen molar-refractivity contribution in [3.05, 3.63) is 66.1 Å². The maximum atomic E-state index is 13.2. The van der Waals surface area contributed by atoms with E-state index in [1.165, 1.54) is 12.1 Å².